The van der Waals surface area contributed by atoms with E-state index >= 15 is 0 Å². The fourth-order valence-corrected chi connectivity index (χ4v) is 4.40. The number of rotatable bonds is 3. The summed E-state index contributed by atoms with van der Waals surface area (Å²) in [4.78, 5) is 1.47. The standard InChI is InChI=1S/C13H12Br2OS/c1-8-3-4-9(7-11(8)16-2)12(15)13-10(14)5-6-17-13/h3-7,12H,1-2H3. The number of methoxy groups -OCH3 is 1. The lowest BCUT2D eigenvalue weighted by Gasteiger charge is -2.12. The van der Waals surface area contributed by atoms with E-state index < -0.39 is 0 Å². The van der Waals surface area contributed by atoms with Gasteiger partial charge in [0.1, 0.15) is 5.75 Å². The van der Waals surface area contributed by atoms with E-state index in [1.54, 1.807) is 18.4 Å². The van der Waals surface area contributed by atoms with Crippen LogP contribution in [0, 0.1) is 6.92 Å². The van der Waals surface area contributed by atoms with Gasteiger partial charge in [0.25, 0.3) is 0 Å². The number of thiophene rings is 1. The maximum absolute atomic E-state index is 5.35. The van der Waals surface area contributed by atoms with E-state index in [-0.39, 0.29) is 4.83 Å². The van der Waals surface area contributed by atoms with Gasteiger partial charge >= 0.3 is 0 Å². The lowest BCUT2D eigenvalue weighted by atomic mass is 10.1. The Kier molecular flexibility index (Phi) is 4.28. The highest BCUT2D eigenvalue weighted by atomic mass is 79.9. The molecule has 2 rings (SSSR count). The fraction of sp³-hybridized carbons (Fsp3) is 0.231. The van der Waals surface area contributed by atoms with Crippen molar-refractivity contribution < 1.29 is 4.74 Å². The number of benzene rings is 1. The third-order valence-electron chi connectivity index (χ3n) is 2.60. The van der Waals surface area contributed by atoms with Crippen molar-refractivity contribution in [1.29, 1.82) is 0 Å². The van der Waals surface area contributed by atoms with Crippen LogP contribution >= 0.6 is 43.2 Å². The van der Waals surface area contributed by atoms with Crippen LogP contribution in [0.5, 0.6) is 5.75 Å². The number of ether oxygens (including phenoxy) is 1. The van der Waals surface area contributed by atoms with Crippen LogP contribution in [-0.4, -0.2) is 7.11 Å². The first-order valence-electron chi connectivity index (χ1n) is 5.15. The molecule has 0 saturated heterocycles. The first-order valence-corrected chi connectivity index (χ1v) is 7.74. The molecule has 0 spiro atoms. The molecule has 4 heteroatoms. The first-order chi connectivity index (χ1) is 8.13. The third-order valence-corrected chi connectivity index (χ3v) is 5.82. The fourth-order valence-electron chi connectivity index (χ4n) is 1.63. The molecular formula is C13H12Br2OS. The predicted molar refractivity (Wildman–Crippen MR) is 80.5 cm³/mol. The molecule has 0 bridgehead atoms. The summed E-state index contributed by atoms with van der Waals surface area (Å²) < 4.78 is 6.50. The zero-order valence-corrected chi connectivity index (χ0v) is 13.5. The minimum Gasteiger partial charge on any atom is -0.496 e. The van der Waals surface area contributed by atoms with E-state index in [0.717, 1.165) is 15.8 Å². The number of alkyl halides is 1. The van der Waals surface area contributed by atoms with Crippen LogP contribution in [0.25, 0.3) is 0 Å². The Bertz CT molecular complexity index is 522. The van der Waals surface area contributed by atoms with Crippen LogP contribution in [0.3, 0.4) is 0 Å². The number of aryl methyl sites for hydroxylation is 1. The van der Waals surface area contributed by atoms with Gasteiger partial charge in [-0.2, -0.15) is 0 Å². The Labute approximate surface area is 122 Å². The van der Waals surface area contributed by atoms with E-state index in [2.05, 4.69) is 61.5 Å². The normalized spacial score (nSPS) is 12.5. The van der Waals surface area contributed by atoms with E-state index in [1.807, 2.05) is 6.92 Å². The number of hydrogen-bond donors (Lipinski definition) is 0. The summed E-state index contributed by atoms with van der Waals surface area (Å²) in [6.45, 7) is 2.05. The van der Waals surface area contributed by atoms with Gasteiger partial charge in [-0.25, -0.2) is 0 Å². The largest absolute Gasteiger partial charge is 0.496 e. The van der Waals surface area contributed by atoms with Gasteiger partial charge in [0.2, 0.25) is 0 Å². The van der Waals surface area contributed by atoms with Crippen molar-refractivity contribution in [1.82, 2.24) is 0 Å². The van der Waals surface area contributed by atoms with Gasteiger partial charge in [0, 0.05) is 9.35 Å². The summed E-state index contributed by atoms with van der Waals surface area (Å²) in [5.41, 5.74) is 2.36. The maximum Gasteiger partial charge on any atom is 0.122 e. The topological polar surface area (TPSA) is 9.23 Å². The third kappa shape index (κ3) is 2.75. The molecule has 1 nitrogen and oxygen atoms in total. The van der Waals surface area contributed by atoms with Crippen molar-refractivity contribution in [2.45, 2.75) is 11.8 Å². The van der Waals surface area contributed by atoms with Crippen LogP contribution in [0.1, 0.15) is 20.8 Å². The van der Waals surface area contributed by atoms with Crippen LogP contribution < -0.4 is 4.74 Å². The predicted octanol–water partition coefficient (Wildman–Crippen LogP) is 5.31. The van der Waals surface area contributed by atoms with Gasteiger partial charge < -0.3 is 4.74 Å². The van der Waals surface area contributed by atoms with Gasteiger partial charge in [0.05, 0.1) is 11.9 Å². The van der Waals surface area contributed by atoms with Gasteiger partial charge in [-0.1, -0.05) is 28.1 Å². The second-order valence-corrected chi connectivity index (χ2v) is 6.44. The second kappa shape index (κ2) is 5.55. The highest BCUT2D eigenvalue weighted by Gasteiger charge is 2.16. The molecular weight excluding hydrogens is 364 g/mol. The van der Waals surface area contributed by atoms with Crippen molar-refractivity contribution in [3.63, 3.8) is 0 Å². The van der Waals surface area contributed by atoms with Crippen LogP contribution in [0.2, 0.25) is 0 Å². The molecule has 90 valence electrons. The van der Waals surface area contributed by atoms with E-state index in [0.29, 0.717) is 0 Å². The average molecular weight is 376 g/mol. The molecule has 0 aliphatic heterocycles. The number of hydrogen-bond acceptors (Lipinski definition) is 2. The van der Waals surface area contributed by atoms with Crippen molar-refractivity contribution >= 4 is 43.2 Å². The Morgan fingerprint density at radius 3 is 2.65 bits per heavy atom. The van der Waals surface area contributed by atoms with Crippen LogP contribution in [0.15, 0.2) is 34.1 Å². The molecule has 1 unspecified atom stereocenters. The first kappa shape index (κ1) is 13.1. The molecule has 0 N–H and O–H groups in total. The Morgan fingerprint density at radius 1 is 1.29 bits per heavy atom. The van der Waals surface area contributed by atoms with Gasteiger partial charge in [0.15, 0.2) is 0 Å². The number of halogens is 2. The Balaban J connectivity index is 2.38. The van der Waals surface area contributed by atoms with E-state index in [1.165, 1.54) is 10.4 Å². The molecule has 1 aromatic heterocycles. The van der Waals surface area contributed by atoms with Crippen molar-refractivity contribution in [2.24, 2.45) is 0 Å². The minimum atomic E-state index is 0.200. The zero-order valence-electron chi connectivity index (χ0n) is 9.54. The average Bonchev–Trinajstić information content (AvgIpc) is 2.75. The van der Waals surface area contributed by atoms with Gasteiger partial charge in [-0.3, -0.25) is 0 Å². The van der Waals surface area contributed by atoms with Gasteiger partial charge in [-0.05, 0) is 51.5 Å². The quantitative estimate of drug-likeness (QED) is 0.660. The molecule has 0 fully saturated rings. The summed E-state index contributed by atoms with van der Waals surface area (Å²) in [7, 11) is 1.70. The van der Waals surface area contributed by atoms with Crippen molar-refractivity contribution in [3.8, 4) is 5.75 Å². The summed E-state index contributed by atoms with van der Waals surface area (Å²) in [6, 6.07) is 8.37. The molecule has 17 heavy (non-hydrogen) atoms. The second-order valence-electron chi connectivity index (χ2n) is 3.72. The molecule has 1 heterocycles. The monoisotopic (exact) mass is 374 g/mol. The lowest BCUT2D eigenvalue weighted by molar-refractivity contribution is 0.411. The highest BCUT2D eigenvalue weighted by Crippen LogP contribution is 2.40. The summed E-state index contributed by atoms with van der Waals surface area (Å²) in [5.74, 6) is 0.930. The van der Waals surface area contributed by atoms with E-state index in [9.17, 15) is 0 Å². The van der Waals surface area contributed by atoms with Crippen LogP contribution in [-0.2, 0) is 0 Å². The summed E-state index contributed by atoms with van der Waals surface area (Å²) in [6.07, 6.45) is 0. The van der Waals surface area contributed by atoms with Crippen LogP contribution in [0.4, 0.5) is 0 Å². The Hall–Kier alpha value is -0.320. The lowest BCUT2D eigenvalue weighted by Crippen LogP contribution is -1.94. The maximum atomic E-state index is 5.35. The highest BCUT2D eigenvalue weighted by molar-refractivity contribution is 9.11. The summed E-state index contributed by atoms with van der Waals surface area (Å²) >= 11 is 9.04. The zero-order chi connectivity index (χ0) is 12.4. The van der Waals surface area contributed by atoms with Crippen molar-refractivity contribution in [3.05, 3.63) is 50.1 Å². The SMILES string of the molecule is COc1cc(C(Br)c2sccc2Br)ccc1C. The Morgan fingerprint density at radius 2 is 2.06 bits per heavy atom. The summed E-state index contributed by atoms with van der Waals surface area (Å²) in [5, 5.41) is 2.08. The van der Waals surface area contributed by atoms with Crippen molar-refractivity contribution in [2.75, 3.05) is 7.11 Å². The molecule has 0 aliphatic carbocycles. The molecule has 1 atom stereocenters. The smallest absolute Gasteiger partial charge is 0.122 e. The molecule has 0 saturated carbocycles. The molecule has 0 radical (unpaired) electrons. The molecule has 0 aliphatic rings. The van der Waals surface area contributed by atoms with Gasteiger partial charge in [-0.15, -0.1) is 11.3 Å². The van der Waals surface area contributed by atoms with E-state index in [4.69, 9.17) is 4.74 Å². The molecule has 1 aromatic carbocycles. The molecule has 0 amide bonds. The molecule has 2 aromatic rings. The minimum absolute atomic E-state index is 0.200.